The number of benzene rings is 1. The smallest absolute Gasteiger partial charge is 0.271 e. The molecule has 0 bridgehead atoms. The van der Waals surface area contributed by atoms with Gasteiger partial charge in [-0.25, -0.2) is 0 Å². The van der Waals surface area contributed by atoms with Crippen molar-refractivity contribution in [2.75, 3.05) is 57.3 Å². The van der Waals surface area contributed by atoms with Crippen LogP contribution in [-0.4, -0.2) is 96.1 Å². The number of nitro benzene ring substituents is 1. The summed E-state index contributed by atoms with van der Waals surface area (Å²) in [6, 6.07) is 9.98. The molecule has 3 saturated carbocycles. The SMILES string of the molecule is NC1CCCC(N2CCN(C3CC3)CC2)C1.O=[N+]([O-])c1cccc(N2CCN(C3CC3)CC2)c1. The Balaban J connectivity index is 0.000000142. The van der Waals surface area contributed by atoms with E-state index in [9.17, 15) is 10.1 Å². The van der Waals surface area contributed by atoms with Crippen LogP contribution >= 0.6 is 0 Å². The summed E-state index contributed by atoms with van der Waals surface area (Å²) in [5.41, 5.74) is 7.23. The number of piperazine rings is 2. The number of nitrogens with two attached hydrogens (primary N) is 1. The molecule has 0 radical (unpaired) electrons. The molecule has 34 heavy (non-hydrogen) atoms. The lowest BCUT2D eigenvalue weighted by molar-refractivity contribution is -0.384. The van der Waals surface area contributed by atoms with Crippen molar-refractivity contribution in [2.45, 2.75) is 75.5 Å². The first-order chi connectivity index (χ1) is 16.6. The first-order valence-corrected chi connectivity index (χ1v) is 13.5. The van der Waals surface area contributed by atoms with Crippen molar-refractivity contribution in [3.05, 3.63) is 34.4 Å². The Morgan fingerprint density at radius 3 is 1.85 bits per heavy atom. The molecule has 188 valence electrons. The Kier molecular flexibility index (Phi) is 7.68. The van der Waals surface area contributed by atoms with Gasteiger partial charge in [-0.1, -0.05) is 12.5 Å². The third kappa shape index (κ3) is 6.27. The Bertz CT molecular complexity index is 813. The number of rotatable bonds is 5. The molecule has 6 rings (SSSR count). The van der Waals surface area contributed by atoms with Gasteiger partial charge in [-0.15, -0.1) is 0 Å². The number of hydrogen-bond acceptors (Lipinski definition) is 7. The Morgan fingerprint density at radius 2 is 1.32 bits per heavy atom. The van der Waals surface area contributed by atoms with Gasteiger partial charge < -0.3 is 10.6 Å². The van der Waals surface area contributed by atoms with Crippen molar-refractivity contribution in [1.29, 1.82) is 0 Å². The summed E-state index contributed by atoms with van der Waals surface area (Å²) in [6.07, 6.45) is 10.8. The topological polar surface area (TPSA) is 82.1 Å². The van der Waals surface area contributed by atoms with Gasteiger partial charge in [0.2, 0.25) is 0 Å². The molecule has 5 aliphatic rings. The molecule has 2 N–H and O–H groups in total. The molecule has 1 aromatic rings. The molecule has 2 heterocycles. The van der Waals surface area contributed by atoms with Crippen LogP contribution < -0.4 is 10.6 Å². The van der Waals surface area contributed by atoms with Crippen molar-refractivity contribution in [3.63, 3.8) is 0 Å². The van der Waals surface area contributed by atoms with E-state index < -0.39 is 0 Å². The predicted molar refractivity (Wildman–Crippen MR) is 136 cm³/mol. The van der Waals surface area contributed by atoms with Crippen LogP contribution in [-0.2, 0) is 0 Å². The summed E-state index contributed by atoms with van der Waals surface area (Å²) in [5, 5.41) is 10.8. The summed E-state index contributed by atoms with van der Waals surface area (Å²) >= 11 is 0. The first kappa shape index (κ1) is 24.0. The van der Waals surface area contributed by atoms with E-state index in [4.69, 9.17) is 5.73 Å². The van der Waals surface area contributed by atoms with E-state index in [1.54, 1.807) is 18.2 Å². The fourth-order valence-corrected chi connectivity index (χ4v) is 6.03. The van der Waals surface area contributed by atoms with Gasteiger partial charge in [0.05, 0.1) is 4.92 Å². The average Bonchev–Trinajstić information content (AvgIpc) is 3.78. The second-order valence-electron chi connectivity index (χ2n) is 10.9. The van der Waals surface area contributed by atoms with Crippen LogP contribution in [0.5, 0.6) is 0 Å². The van der Waals surface area contributed by atoms with E-state index in [1.807, 2.05) is 6.07 Å². The van der Waals surface area contributed by atoms with Crippen molar-refractivity contribution < 1.29 is 4.92 Å². The Hall–Kier alpha value is -1.74. The van der Waals surface area contributed by atoms with E-state index >= 15 is 0 Å². The summed E-state index contributed by atoms with van der Waals surface area (Å²) in [6.45, 7) is 9.27. The lowest BCUT2D eigenvalue weighted by Gasteiger charge is -2.42. The third-order valence-electron chi connectivity index (χ3n) is 8.40. The molecule has 3 aliphatic carbocycles. The lowest BCUT2D eigenvalue weighted by Crippen LogP contribution is -2.52. The molecular weight excluding hydrogens is 428 g/mol. The second-order valence-corrected chi connectivity index (χ2v) is 10.9. The fourth-order valence-electron chi connectivity index (χ4n) is 6.03. The van der Waals surface area contributed by atoms with Crippen LogP contribution in [0.2, 0.25) is 0 Å². The van der Waals surface area contributed by atoms with E-state index in [2.05, 4.69) is 19.6 Å². The minimum Gasteiger partial charge on any atom is -0.369 e. The highest BCUT2D eigenvalue weighted by molar-refractivity contribution is 5.53. The van der Waals surface area contributed by atoms with Gasteiger partial charge in [0.15, 0.2) is 0 Å². The van der Waals surface area contributed by atoms with Crippen LogP contribution in [0.15, 0.2) is 24.3 Å². The maximum absolute atomic E-state index is 10.8. The molecule has 2 unspecified atom stereocenters. The zero-order valence-corrected chi connectivity index (χ0v) is 20.6. The maximum Gasteiger partial charge on any atom is 0.271 e. The molecule has 8 nitrogen and oxygen atoms in total. The van der Waals surface area contributed by atoms with Crippen LogP contribution in [0.1, 0.15) is 51.4 Å². The van der Waals surface area contributed by atoms with Crippen LogP contribution in [0, 0.1) is 10.1 Å². The first-order valence-electron chi connectivity index (χ1n) is 13.5. The highest BCUT2D eigenvalue weighted by Gasteiger charge is 2.34. The molecule has 0 aromatic heterocycles. The monoisotopic (exact) mass is 470 g/mol. The predicted octanol–water partition coefficient (Wildman–Crippen LogP) is 2.92. The quantitative estimate of drug-likeness (QED) is 0.523. The van der Waals surface area contributed by atoms with Crippen LogP contribution in [0.4, 0.5) is 11.4 Å². The normalized spacial score (nSPS) is 29.4. The summed E-state index contributed by atoms with van der Waals surface area (Å²) in [5.74, 6) is 0. The van der Waals surface area contributed by atoms with E-state index in [0.29, 0.717) is 6.04 Å². The Morgan fingerprint density at radius 1 is 0.765 bits per heavy atom. The van der Waals surface area contributed by atoms with Gasteiger partial charge >= 0.3 is 0 Å². The standard InChI is InChI=1S/C13H17N3O2.C13H25N3/c17-16(18)13-3-1-2-12(10-13)15-8-6-14(7-9-15)11-4-5-11;14-11-2-1-3-13(10-11)16-8-6-15(7-9-16)12-4-5-12/h1-3,10-11H,4-9H2;11-13H,1-10,14H2. The largest absolute Gasteiger partial charge is 0.369 e. The van der Waals surface area contributed by atoms with Crippen molar-refractivity contribution in [1.82, 2.24) is 14.7 Å². The summed E-state index contributed by atoms with van der Waals surface area (Å²) < 4.78 is 0. The van der Waals surface area contributed by atoms with Gasteiger partial charge in [0, 0.05) is 94.3 Å². The minimum absolute atomic E-state index is 0.178. The minimum atomic E-state index is -0.329. The Labute approximate surface area is 204 Å². The number of nitrogens with zero attached hydrogens (tertiary/aromatic N) is 5. The molecule has 5 fully saturated rings. The second kappa shape index (κ2) is 10.9. The summed E-state index contributed by atoms with van der Waals surface area (Å²) in [7, 11) is 0. The molecule has 2 aliphatic heterocycles. The van der Waals surface area contributed by atoms with Gasteiger partial charge in [0.25, 0.3) is 5.69 Å². The lowest BCUT2D eigenvalue weighted by atomic mass is 9.90. The van der Waals surface area contributed by atoms with E-state index in [0.717, 1.165) is 50.0 Å². The third-order valence-corrected chi connectivity index (χ3v) is 8.40. The van der Waals surface area contributed by atoms with Crippen LogP contribution in [0.25, 0.3) is 0 Å². The van der Waals surface area contributed by atoms with E-state index in [1.165, 1.54) is 77.5 Å². The highest BCUT2D eigenvalue weighted by Crippen LogP contribution is 2.30. The molecule has 2 atom stereocenters. The summed E-state index contributed by atoms with van der Waals surface area (Å²) in [4.78, 5) is 20.6. The number of anilines is 1. The fraction of sp³-hybridized carbons (Fsp3) is 0.769. The van der Waals surface area contributed by atoms with Gasteiger partial charge in [-0.2, -0.15) is 0 Å². The van der Waals surface area contributed by atoms with Gasteiger partial charge in [0.1, 0.15) is 0 Å². The molecule has 0 spiro atoms. The van der Waals surface area contributed by atoms with Crippen molar-refractivity contribution >= 4 is 11.4 Å². The highest BCUT2D eigenvalue weighted by atomic mass is 16.6. The number of hydrogen-bond donors (Lipinski definition) is 1. The zero-order valence-electron chi connectivity index (χ0n) is 20.6. The van der Waals surface area contributed by atoms with Gasteiger partial charge in [-0.05, 0) is 51.0 Å². The molecule has 0 amide bonds. The molecule has 1 aromatic carbocycles. The van der Waals surface area contributed by atoms with Crippen LogP contribution in [0.3, 0.4) is 0 Å². The maximum atomic E-state index is 10.8. The van der Waals surface area contributed by atoms with Crippen molar-refractivity contribution in [2.24, 2.45) is 5.73 Å². The van der Waals surface area contributed by atoms with Gasteiger partial charge in [-0.3, -0.25) is 24.8 Å². The molecular formula is C26H42N6O2. The van der Waals surface area contributed by atoms with Crippen molar-refractivity contribution in [3.8, 4) is 0 Å². The van der Waals surface area contributed by atoms with E-state index in [-0.39, 0.29) is 10.6 Å². The zero-order chi connectivity index (χ0) is 23.5. The molecule has 2 saturated heterocycles. The molecule has 8 heteroatoms. The number of non-ortho nitro benzene ring substituents is 1. The number of nitro groups is 1. The average molecular weight is 471 g/mol.